The Morgan fingerprint density at radius 3 is 2.23 bits per heavy atom. The van der Waals surface area contributed by atoms with Gasteiger partial charge in [0, 0.05) is 22.6 Å². The van der Waals surface area contributed by atoms with E-state index < -0.39 is 0 Å². The van der Waals surface area contributed by atoms with Crippen LogP contribution in [0.5, 0.6) is 11.5 Å². The van der Waals surface area contributed by atoms with Gasteiger partial charge in [0.1, 0.15) is 11.5 Å². The molecular weight excluding hydrogens is 427 g/mol. The summed E-state index contributed by atoms with van der Waals surface area (Å²) in [6, 6.07) is 41.8. The van der Waals surface area contributed by atoms with Gasteiger partial charge in [-0.25, -0.2) is 0 Å². The van der Waals surface area contributed by atoms with Gasteiger partial charge in [0.2, 0.25) is 0 Å². The van der Waals surface area contributed by atoms with Crippen molar-refractivity contribution in [1.29, 1.82) is 5.26 Å². The van der Waals surface area contributed by atoms with Crippen LogP contribution in [0, 0.1) is 11.3 Å². The van der Waals surface area contributed by atoms with Crippen molar-refractivity contribution in [3.8, 4) is 28.7 Å². The maximum Gasteiger partial charge on any atom is 0.256 e. The number of nitriles is 1. The van der Waals surface area contributed by atoms with E-state index in [2.05, 4.69) is 83.8 Å². The second-order valence-electron chi connectivity index (χ2n) is 8.86. The molecule has 0 saturated heterocycles. The fourth-order valence-electron chi connectivity index (χ4n) is 5.48. The third-order valence-corrected chi connectivity index (χ3v) is 6.98. The summed E-state index contributed by atoms with van der Waals surface area (Å²) in [5.41, 5.74) is 9.48. The fourth-order valence-corrected chi connectivity index (χ4v) is 5.48. The lowest BCUT2D eigenvalue weighted by Crippen LogP contribution is -2.59. The minimum absolute atomic E-state index is 0.102. The minimum Gasteiger partial charge on any atom is -0.458 e. The van der Waals surface area contributed by atoms with Crippen LogP contribution in [0.25, 0.3) is 11.1 Å². The van der Waals surface area contributed by atoms with Crippen LogP contribution in [0.3, 0.4) is 0 Å². The summed E-state index contributed by atoms with van der Waals surface area (Å²) in [7, 11) is 0. The number of ether oxygens (including phenoxy) is 1. The molecule has 162 valence electrons. The van der Waals surface area contributed by atoms with Gasteiger partial charge < -0.3 is 9.64 Å². The zero-order valence-electron chi connectivity index (χ0n) is 18.8. The Kier molecular flexibility index (Phi) is 4.31. The quantitative estimate of drug-likeness (QED) is 0.323. The first-order valence-electron chi connectivity index (χ1n) is 11.7. The highest BCUT2D eigenvalue weighted by atomic mass is 16.5. The lowest BCUT2D eigenvalue weighted by molar-refractivity contribution is 0.487. The van der Waals surface area contributed by atoms with Crippen LogP contribution in [0.1, 0.15) is 5.56 Å². The van der Waals surface area contributed by atoms with Gasteiger partial charge in [0.05, 0.1) is 11.6 Å². The van der Waals surface area contributed by atoms with E-state index in [1.54, 1.807) is 0 Å². The number of para-hydroxylation sites is 2. The van der Waals surface area contributed by atoms with Gasteiger partial charge in [0.15, 0.2) is 0 Å². The zero-order chi connectivity index (χ0) is 23.4. The first kappa shape index (κ1) is 19.7. The van der Waals surface area contributed by atoms with E-state index in [1.165, 1.54) is 16.4 Å². The average molecular weight is 446 g/mol. The maximum atomic E-state index is 9.82. The lowest BCUT2D eigenvalue weighted by atomic mass is 9.34. The number of hydrogen-bond acceptors (Lipinski definition) is 3. The van der Waals surface area contributed by atoms with E-state index in [9.17, 15) is 5.26 Å². The molecule has 35 heavy (non-hydrogen) atoms. The molecule has 0 bridgehead atoms. The van der Waals surface area contributed by atoms with E-state index in [0.717, 1.165) is 39.7 Å². The molecule has 0 amide bonds. The SMILES string of the molecule is N#Cc1ccc(N2c3ccccc3B3c4ccccc4Oc4cccc2c43)cc1-c1ccccc1. The molecule has 0 N–H and O–H groups in total. The molecule has 7 rings (SSSR count). The molecule has 0 fully saturated rings. The van der Waals surface area contributed by atoms with Crippen LogP contribution in [0.2, 0.25) is 0 Å². The molecule has 0 radical (unpaired) electrons. The van der Waals surface area contributed by atoms with Crippen LogP contribution < -0.4 is 26.0 Å². The molecule has 4 heteroatoms. The van der Waals surface area contributed by atoms with Crippen molar-refractivity contribution in [3.05, 3.63) is 121 Å². The first-order valence-corrected chi connectivity index (χ1v) is 11.7. The molecule has 5 aromatic rings. The second kappa shape index (κ2) is 7.65. The maximum absolute atomic E-state index is 9.82. The highest BCUT2D eigenvalue weighted by molar-refractivity contribution is 6.99. The Morgan fingerprint density at radius 1 is 0.657 bits per heavy atom. The van der Waals surface area contributed by atoms with Gasteiger partial charge in [-0.15, -0.1) is 0 Å². The van der Waals surface area contributed by atoms with Crippen LogP contribution in [0.4, 0.5) is 17.1 Å². The molecule has 0 aliphatic carbocycles. The van der Waals surface area contributed by atoms with Crippen LogP contribution in [0.15, 0.2) is 115 Å². The summed E-state index contributed by atoms with van der Waals surface area (Å²) in [5.74, 6) is 1.80. The highest BCUT2D eigenvalue weighted by Gasteiger charge is 2.41. The number of fused-ring (bicyclic) bond motifs is 4. The summed E-state index contributed by atoms with van der Waals surface area (Å²) < 4.78 is 6.38. The highest BCUT2D eigenvalue weighted by Crippen LogP contribution is 2.41. The molecule has 3 nitrogen and oxygen atoms in total. The molecule has 2 heterocycles. The Hall–Kier alpha value is -4.75. The van der Waals surface area contributed by atoms with Gasteiger partial charge in [-0.2, -0.15) is 5.26 Å². The van der Waals surface area contributed by atoms with E-state index >= 15 is 0 Å². The number of nitrogens with zero attached hydrogens (tertiary/aromatic N) is 2. The molecular formula is C31H19BN2O. The van der Waals surface area contributed by atoms with Crippen molar-refractivity contribution >= 4 is 40.2 Å². The van der Waals surface area contributed by atoms with Gasteiger partial charge in [-0.05, 0) is 64.4 Å². The molecule has 5 aromatic carbocycles. The van der Waals surface area contributed by atoms with E-state index in [4.69, 9.17) is 4.74 Å². The van der Waals surface area contributed by atoms with E-state index in [-0.39, 0.29) is 6.71 Å². The molecule has 0 unspecified atom stereocenters. The van der Waals surface area contributed by atoms with Crippen LogP contribution >= 0.6 is 0 Å². The Morgan fingerprint density at radius 2 is 1.37 bits per heavy atom. The lowest BCUT2D eigenvalue weighted by Gasteiger charge is -2.40. The molecule has 2 aliphatic rings. The minimum atomic E-state index is 0.102. The monoisotopic (exact) mass is 446 g/mol. The molecule has 0 atom stereocenters. The number of benzene rings is 5. The smallest absolute Gasteiger partial charge is 0.256 e. The van der Waals surface area contributed by atoms with Crippen molar-refractivity contribution < 1.29 is 4.74 Å². The van der Waals surface area contributed by atoms with Gasteiger partial charge in [-0.1, -0.05) is 72.8 Å². The van der Waals surface area contributed by atoms with Crippen molar-refractivity contribution in [3.63, 3.8) is 0 Å². The predicted molar refractivity (Wildman–Crippen MR) is 142 cm³/mol. The topological polar surface area (TPSA) is 36.3 Å². The summed E-state index contributed by atoms with van der Waals surface area (Å²) in [6.45, 7) is 0.102. The van der Waals surface area contributed by atoms with E-state index in [0.29, 0.717) is 5.56 Å². The summed E-state index contributed by atoms with van der Waals surface area (Å²) in [4.78, 5) is 2.30. The summed E-state index contributed by atoms with van der Waals surface area (Å²) >= 11 is 0. The Labute approximate surface area is 204 Å². The average Bonchev–Trinajstić information content (AvgIpc) is 2.93. The van der Waals surface area contributed by atoms with Gasteiger partial charge in [-0.3, -0.25) is 0 Å². The predicted octanol–water partition coefficient (Wildman–Crippen LogP) is 5.63. The summed E-state index contributed by atoms with van der Waals surface area (Å²) in [5, 5.41) is 9.82. The third-order valence-electron chi connectivity index (χ3n) is 6.98. The molecule has 0 saturated carbocycles. The Balaban J connectivity index is 1.49. The van der Waals surface area contributed by atoms with Gasteiger partial charge >= 0.3 is 0 Å². The molecule has 2 aliphatic heterocycles. The van der Waals surface area contributed by atoms with Crippen molar-refractivity contribution in [2.45, 2.75) is 0 Å². The first-order chi connectivity index (χ1) is 17.3. The fraction of sp³-hybridized carbons (Fsp3) is 0. The number of rotatable bonds is 2. The standard InChI is InChI=1S/C31H19BN2O/c33-20-22-17-18-23(19-24(22)21-9-2-1-3-10-21)34-27-13-6-4-11-25(27)32-26-12-5-7-15-29(26)35-30-16-8-14-28(34)31(30)32/h1-19H. The van der Waals surface area contributed by atoms with Crippen molar-refractivity contribution in [2.75, 3.05) is 4.90 Å². The van der Waals surface area contributed by atoms with Gasteiger partial charge in [0.25, 0.3) is 6.71 Å². The second-order valence-corrected chi connectivity index (χ2v) is 8.86. The van der Waals surface area contributed by atoms with Crippen LogP contribution in [-0.4, -0.2) is 6.71 Å². The summed E-state index contributed by atoms with van der Waals surface area (Å²) in [6.07, 6.45) is 0. The number of anilines is 3. The van der Waals surface area contributed by atoms with E-state index in [1.807, 2.05) is 42.5 Å². The van der Waals surface area contributed by atoms with Crippen molar-refractivity contribution in [2.24, 2.45) is 0 Å². The number of hydrogen-bond donors (Lipinski definition) is 0. The zero-order valence-corrected chi connectivity index (χ0v) is 18.8. The third kappa shape index (κ3) is 2.92. The molecule has 0 aromatic heterocycles. The van der Waals surface area contributed by atoms with Crippen LogP contribution in [-0.2, 0) is 0 Å². The Bertz CT molecular complexity index is 1660. The molecule has 0 spiro atoms. The normalized spacial score (nSPS) is 12.7. The van der Waals surface area contributed by atoms with Crippen molar-refractivity contribution in [1.82, 2.24) is 0 Å². The largest absolute Gasteiger partial charge is 0.458 e.